The normalized spacial score (nSPS) is 29.9. The van der Waals surface area contributed by atoms with Gasteiger partial charge in [-0.3, -0.25) is 9.59 Å². The topological polar surface area (TPSA) is 86.7 Å². The Balaban J connectivity index is 1.03. The van der Waals surface area contributed by atoms with Crippen LogP contribution in [0.2, 0.25) is 0 Å². The molecular formula is C30H34O6S. The number of sulfone groups is 1. The van der Waals surface area contributed by atoms with E-state index < -0.39 is 9.84 Å². The molecule has 0 spiro atoms. The summed E-state index contributed by atoms with van der Waals surface area (Å²) in [5.41, 5.74) is 0. The molecule has 0 unspecified atom stereocenters. The van der Waals surface area contributed by atoms with Gasteiger partial charge in [0.1, 0.15) is 11.5 Å². The van der Waals surface area contributed by atoms with Crippen molar-refractivity contribution in [3.8, 4) is 11.5 Å². The third kappa shape index (κ3) is 5.20. The molecule has 4 bridgehead atoms. The first kappa shape index (κ1) is 24.7. The molecule has 196 valence electrons. The lowest BCUT2D eigenvalue weighted by molar-refractivity contribution is -0.136. The van der Waals surface area contributed by atoms with E-state index in [1.807, 2.05) is 0 Å². The van der Waals surface area contributed by atoms with Crippen LogP contribution in [0.3, 0.4) is 0 Å². The van der Waals surface area contributed by atoms with E-state index in [2.05, 4.69) is 0 Å². The van der Waals surface area contributed by atoms with Gasteiger partial charge in [-0.15, -0.1) is 0 Å². The van der Waals surface area contributed by atoms with Gasteiger partial charge in [0.05, 0.1) is 9.79 Å². The van der Waals surface area contributed by atoms with E-state index in [0.717, 1.165) is 24.7 Å². The molecule has 37 heavy (non-hydrogen) atoms. The number of esters is 2. The van der Waals surface area contributed by atoms with Crippen LogP contribution in [-0.4, -0.2) is 20.4 Å². The summed E-state index contributed by atoms with van der Waals surface area (Å²) < 4.78 is 37.2. The molecule has 0 amide bonds. The number of hydrogen-bond donors (Lipinski definition) is 0. The number of hydrogen-bond acceptors (Lipinski definition) is 6. The maximum absolute atomic E-state index is 13.1. The van der Waals surface area contributed by atoms with Crippen LogP contribution < -0.4 is 9.47 Å². The quantitative estimate of drug-likeness (QED) is 0.313. The monoisotopic (exact) mass is 522 g/mol. The fourth-order valence-corrected chi connectivity index (χ4v) is 8.80. The Labute approximate surface area is 218 Å². The van der Waals surface area contributed by atoms with Crippen molar-refractivity contribution in [3.63, 3.8) is 0 Å². The van der Waals surface area contributed by atoms with Gasteiger partial charge in [0.2, 0.25) is 9.84 Å². The van der Waals surface area contributed by atoms with Crippen LogP contribution in [0.4, 0.5) is 0 Å². The Morgan fingerprint density at radius 1 is 0.622 bits per heavy atom. The summed E-state index contributed by atoms with van der Waals surface area (Å²) in [4.78, 5) is 25.0. The smallest absolute Gasteiger partial charge is 0.311 e. The molecule has 4 aliphatic carbocycles. The highest BCUT2D eigenvalue weighted by atomic mass is 32.2. The minimum absolute atomic E-state index is 0.112. The van der Waals surface area contributed by atoms with Crippen LogP contribution >= 0.6 is 0 Å². The van der Waals surface area contributed by atoms with Crippen LogP contribution in [0.5, 0.6) is 11.5 Å². The van der Waals surface area contributed by atoms with Crippen molar-refractivity contribution in [2.45, 2.75) is 74.0 Å². The van der Waals surface area contributed by atoms with E-state index in [1.54, 1.807) is 0 Å². The van der Waals surface area contributed by atoms with Crippen LogP contribution in [-0.2, 0) is 19.4 Å². The van der Waals surface area contributed by atoms with E-state index in [9.17, 15) is 18.0 Å². The predicted octanol–water partition coefficient (Wildman–Crippen LogP) is 5.98. The van der Waals surface area contributed by atoms with Gasteiger partial charge in [0, 0.05) is 12.8 Å². The fourth-order valence-electron chi connectivity index (χ4n) is 7.54. The lowest BCUT2D eigenvalue weighted by Gasteiger charge is -2.20. The Bertz CT molecular complexity index is 1170. The maximum Gasteiger partial charge on any atom is 0.311 e. The molecule has 6 nitrogen and oxygen atoms in total. The van der Waals surface area contributed by atoms with Crippen molar-refractivity contribution >= 4 is 21.8 Å². The Morgan fingerprint density at radius 2 is 1.03 bits per heavy atom. The van der Waals surface area contributed by atoms with Crippen LogP contribution in [0.1, 0.15) is 64.2 Å². The number of fused-ring (bicyclic) bond motifs is 4. The molecule has 4 aliphatic rings. The average molecular weight is 523 g/mol. The SMILES string of the molecule is O=C(C[C@@H]1C[C@H]2CC[C@H]1C2)Oc1ccc(S(=O)(=O)c2ccc(OC(=O)C[C@H]3C[C@H]4CC[C@H]3C4)cc2)cc1. The van der Waals surface area contributed by atoms with Gasteiger partial charge >= 0.3 is 11.9 Å². The van der Waals surface area contributed by atoms with Crippen LogP contribution in [0.25, 0.3) is 0 Å². The van der Waals surface area contributed by atoms with E-state index in [4.69, 9.17) is 9.47 Å². The zero-order chi connectivity index (χ0) is 25.6. The summed E-state index contributed by atoms with van der Waals surface area (Å²) in [5.74, 6) is 3.91. The number of carbonyl (C=O) groups excluding carboxylic acids is 2. The second-order valence-electron chi connectivity index (χ2n) is 11.7. The second-order valence-corrected chi connectivity index (χ2v) is 13.6. The van der Waals surface area contributed by atoms with Crippen molar-refractivity contribution in [1.29, 1.82) is 0 Å². The molecule has 2 aromatic carbocycles. The first-order valence-corrected chi connectivity index (χ1v) is 15.2. The maximum atomic E-state index is 13.1. The van der Waals surface area contributed by atoms with Gasteiger partial charge in [-0.2, -0.15) is 0 Å². The first-order chi connectivity index (χ1) is 17.8. The van der Waals surface area contributed by atoms with Crippen LogP contribution in [0.15, 0.2) is 58.3 Å². The zero-order valence-corrected chi connectivity index (χ0v) is 21.8. The van der Waals surface area contributed by atoms with Crippen molar-refractivity contribution in [2.75, 3.05) is 0 Å². The molecule has 7 heteroatoms. The van der Waals surface area contributed by atoms with Gasteiger partial charge < -0.3 is 9.47 Å². The molecule has 0 saturated heterocycles. The van der Waals surface area contributed by atoms with Gasteiger partial charge in [-0.05, 0) is 123 Å². The minimum atomic E-state index is -3.76. The second kappa shape index (κ2) is 9.90. The number of ether oxygens (including phenoxy) is 2. The number of benzene rings is 2. The van der Waals surface area contributed by atoms with Crippen molar-refractivity contribution in [2.24, 2.45) is 35.5 Å². The molecule has 2 aromatic rings. The summed E-state index contributed by atoms with van der Waals surface area (Å²) in [5, 5.41) is 0. The summed E-state index contributed by atoms with van der Waals surface area (Å²) in [6.45, 7) is 0. The Hall–Kier alpha value is -2.67. The lowest BCUT2D eigenvalue weighted by atomic mass is 9.86. The molecule has 6 atom stereocenters. The number of rotatable bonds is 8. The van der Waals surface area contributed by atoms with E-state index >= 15 is 0 Å². The molecule has 0 aliphatic heterocycles. The summed E-state index contributed by atoms with van der Waals surface area (Å²) in [6, 6.07) is 11.9. The molecule has 4 fully saturated rings. The van der Waals surface area contributed by atoms with Gasteiger partial charge in [0.25, 0.3) is 0 Å². The molecule has 0 heterocycles. The third-order valence-corrected chi connectivity index (χ3v) is 11.1. The molecule has 0 radical (unpaired) electrons. The molecule has 4 saturated carbocycles. The molecule has 0 N–H and O–H groups in total. The highest BCUT2D eigenvalue weighted by molar-refractivity contribution is 7.91. The highest BCUT2D eigenvalue weighted by Gasteiger charge is 2.41. The first-order valence-electron chi connectivity index (χ1n) is 13.7. The molecule has 0 aromatic heterocycles. The van der Waals surface area contributed by atoms with Gasteiger partial charge in [0.15, 0.2) is 0 Å². The third-order valence-electron chi connectivity index (χ3n) is 9.36. The standard InChI is InChI=1S/C30H34O6S/c31-29(17-23-15-19-1-3-21(23)13-19)35-25-5-9-27(10-6-25)37(33,34)28-11-7-26(8-12-28)36-30(32)18-24-16-20-2-4-22(24)14-20/h5-12,19-24H,1-4,13-18H2/t19-,20-,21-,22-,23-,24+/m0/s1. The summed E-state index contributed by atoms with van der Waals surface area (Å²) in [6.07, 6.45) is 10.6. The fraction of sp³-hybridized carbons (Fsp3) is 0.533. The Kier molecular flexibility index (Phi) is 6.59. The van der Waals surface area contributed by atoms with E-state index in [0.29, 0.717) is 48.0 Å². The highest BCUT2D eigenvalue weighted by Crippen LogP contribution is 2.50. The van der Waals surface area contributed by atoms with E-state index in [-0.39, 0.29) is 21.7 Å². The molecular weight excluding hydrogens is 488 g/mol. The van der Waals surface area contributed by atoms with Crippen molar-refractivity contribution in [3.05, 3.63) is 48.5 Å². The van der Waals surface area contributed by atoms with Crippen LogP contribution in [0, 0.1) is 35.5 Å². The lowest BCUT2D eigenvalue weighted by Crippen LogP contribution is -2.18. The summed E-state index contributed by atoms with van der Waals surface area (Å²) in [7, 11) is -3.76. The summed E-state index contributed by atoms with van der Waals surface area (Å²) >= 11 is 0. The zero-order valence-electron chi connectivity index (χ0n) is 21.0. The van der Waals surface area contributed by atoms with Gasteiger partial charge in [-0.1, -0.05) is 12.8 Å². The van der Waals surface area contributed by atoms with E-state index in [1.165, 1.54) is 87.1 Å². The average Bonchev–Trinajstić information content (AvgIpc) is 3.67. The van der Waals surface area contributed by atoms with Crippen molar-refractivity contribution < 1.29 is 27.5 Å². The minimum Gasteiger partial charge on any atom is -0.427 e. The Morgan fingerprint density at radius 3 is 1.35 bits per heavy atom. The molecule has 6 rings (SSSR count). The largest absolute Gasteiger partial charge is 0.427 e. The predicted molar refractivity (Wildman–Crippen MR) is 137 cm³/mol. The number of carbonyl (C=O) groups is 2. The van der Waals surface area contributed by atoms with Crippen molar-refractivity contribution in [1.82, 2.24) is 0 Å². The van der Waals surface area contributed by atoms with Gasteiger partial charge in [-0.25, -0.2) is 8.42 Å².